The van der Waals surface area contributed by atoms with Crippen LogP contribution in [0.2, 0.25) is 0 Å². The summed E-state index contributed by atoms with van der Waals surface area (Å²) in [5, 5.41) is 10.6. The van der Waals surface area contributed by atoms with Gasteiger partial charge in [0.15, 0.2) is 0 Å². The van der Waals surface area contributed by atoms with E-state index in [0.717, 1.165) is 12.2 Å². The van der Waals surface area contributed by atoms with E-state index in [0.29, 0.717) is 19.6 Å². The molecule has 1 unspecified atom stereocenters. The van der Waals surface area contributed by atoms with E-state index in [4.69, 9.17) is 0 Å². The van der Waals surface area contributed by atoms with Gasteiger partial charge in [0.05, 0.1) is 12.7 Å². The molecule has 0 aliphatic carbocycles. The van der Waals surface area contributed by atoms with Crippen molar-refractivity contribution < 1.29 is 13.2 Å². The third kappa shape index (κ3) is 3.59. The predicted octanol–water partition coefficient (Wildman–Crippen LogP) is 1.11. The van der Waals surface area contributed by atoms with E-state index in [1.54, 1.807) is 17.9 Å². The zero-order valence-electron chi connectivity index (χ0n) is 10.1. The Kier molecular flexibility index (Phi) is 3.74. The molecule has 0 spiro atoms. The van der Waals surface area contributed by atoms with Gasteiger partial charge in [0, 0.05) is 20.1 Å². The normalized spacial score (nSPS) is 21.4. The first-order valence-electron chi connectivity index (χ1n) is 5.82. The Balaban J connectivity index is 1.75. The molecule has 1 atom stereocenters. The van der Waals surface area contributed by atoms with Crippen LogP contribution < -0.4 is 5.32 Å². The largest absolute Gasteiger partial charge is 0.401 e. The van der Waals surface area contributed by atoms with Gasteiger partial charge in [-0.15, -0.1) is 5.10 Å². The van der Waals surface area contributed by atoms with Crippen LogP contribution in [0.25, 0.3) is 0 Å². The lowest BCUT2D eigenvalue weighted by Gasteiger charge is -2.18. The number of alkyl halides is 3. The smallest absolute Gasteiger partial charge is 0.369 e. The standard InChI is InChI=1S/C10H16F3N5/c1-17-9(5-15-16-17)14-4-8-2-3-18(6-8)7-10(11,12)13/h5,8,14H,2-4,6-7H2,1H3. The van der Waals surface area contributed by atoms with Crippen molar-refractivity contribution >= 4 is 5.82 Å². The van der Waals surface area contributed by atoms with Crippen molar-refractivity contribution in [2.75, 3.05) is 31.5 Å². The summed E-state index contributed by atoms with van der Waals surface area (Å²) in [4.78, 5) is 1.45. The first-order valence-corrected chi connectivity index (χ1v) is 5.82. The van der Waals surface area contributed by atoms with E-state index in [-0.39, 0.29) is 5.92 Å². The Bertz CT molecular complexity index is 389. The number of rotatable bonds is 4. The molecule has 1 N–H and O–H groups in total. The van der Waals surface area contributed by atoms with Crippen LogP contribution in [0.3, 0.4) is 0 Å². The van der Waals surface area contributed by atoms with Gasteiger partial charge < -0.3 is 5.32 Å². The quantitative estimate of drug-likeness (QED) is 0.884. The lowest BCUT2D eigenvalue weighted by Crippen LogP contribution is -2.33. The Morgan fingerprint density at radius 2 is 2.28 bits per heavy atom. The van der Waals surface area contributed by atoms with Crippen molar-refractivity contribution in [3.63, 3.8) is 0 Å². The summed E-state index contributed by atoms with van der Waals surface area (Å²) in [6.45, 7) is 0.833. The molecule has 0 amide bonds. The molecule has 102 valence electrons. The van der Waals surface area contributed by atoms with Gasteiger partial charge in [0.25, 0.3) is 0 Å². The van der Waals surface area contributed by atoms with Crippen LogP contribution in [-0.4, -0.2) is 52.2 Å². The van der Waals surface area contributed by atoms with E-state index >= 15 is 0 Å². The molecule has 1 saturated heterocycles. The number of anilines is 1. The molecule has 2 heterocycles. The minimum absolute atomic E-state index is 0.238. The molecular formula is C10H16F3N5. The topological polar surface area (TPSA) is 46.0 Å². The molecular weight excluding hydrogens is 247 g/mol. The van der Waals surface area contributed by atoms with E-state index in [9.17, 15) is 13.2 Å². The van der Waals surface area contributed by atoms with Crippen LogP contribution in [0, 0.1) is 5.92 Å². The van der Waals surface area contributed by atoms with Gasteiger partial charge in [-0.3, -0.25) is 4.90 Å². The minimum Gasteiger partial charge on any atom is -0.369 e. The molecule has 8 heteroatoms. The fourth-order valence-electron chi connectivity index (χ4n) is 2.18. The van der Waals surface area contributed by atoms with E-state index in [1.165, 1.54) is 4.90 Å². The lowest BCUT2D eigenvalue weighted by molar-refractivity contribution is -0.143. The summed E-state index contributed by atoms with van der Waals surface area (Å²) in [6, 6.07) is 0. The molecule has 1 aromatic rings. The van der Waals surface area contributed by atoms with Crippen molar-refractivity contribution in [1.82, 2.24) is 19.9 Å². The van der Waals surface area contributed by atoms with Crippen LogP contribution in [0.4, 0.5) is 19.0 Å². The van der Waals surface area contributed by atoms with Gasteiger partial charge in [-0.05, 0) is 18.9 Å². The predicted molar refractivity (Wildman–Crippen MR) is 60.1 cm³/mol. The van der Waals surface area contributed by atoms with Crippen molar-refractivity contribution in [2.24, 2.45) is 13.0 Å². The molecule has 1 aliphatic rings. The maximum Gasteiger partial charge on any atom is 0.401 e. The average Bonchev–Trinajstić information content (AvgIpc) is 2.82. The Labute approximate surface area is 103 Å². The van der Waals surface area contributed by atoms with Gasteiger partial charge in [-0.1, -0.05) is 5.21 Å². The highest BCUT2D eigenvalue weighted by Crippen LogP contribution is 2.22. The van der Waals surface area contributed by atoms with Crippen molar-refractivity contribution in [1.29, 1.82) is 0 Å². The zero-order chi connectivity index (χ0) is 13.2. The van der Waals surface area contributed by atoms with Gasteiger partial charge in [0.1, 0.15) is 5.82 Å². The molecule has 0 aromatic carbocycles. The second kappa shape index (κ2) is 5.13. The van der Waals surface area contributed by atoms with E-state index in [1.807, 2.05) is 0 Å². The summed E-state index contributed by atoms with van der Waals surface area (Å²) in [5.41, 5.74) is 0. The van der Waals surface area contributed by atoms with Crippen LogP contribution >= 0.6 is 0 Å². The number of nitrogens with one attached hydrogen (secondary N) is 1. The summed E-state index contributed by atoms with van der Waals surface area (Å²) >= 11 is 0. The van der Waals surface area contributed by atoms with Crippen molar-refractivity contribution in [3.05, 3.63) is 6.20 Å². The van der Waals surface area contributed by atoms with Crippen molar-refractivity contribution in [3.8, 4) is 0 Å². The molecule has 5 nitrogen and oxygen atoms in total. The number of aromatic nitrogens is 3. The minimum atomic E-state index is -4.10. The average molecular weight is 263 g/mol. The monoisotopic (exact) mass is 263 g/mol. The van der Waals surface area contributed by atoms with Crippen molar-refractivity contribution in [2.45, 2.75) is 12.6 Å². The lowest BCUT2D eigenvalue weighted by atomic mass is 10.1. The first kappa shape index (κ1) is 13.1. The molecule has 18 heavy (non-hydrogen) atoms. The SMILES string of the molecule is Cn1nncc1NCC1CCN(CC(F)(F)F)C1. The Morgan fingerprint density at radius 3 is 2.89 bits per heavy atom. The van der Waals surface area contributed by atoms with Gasteiger partial charge >= 0.3 is 6.18 Å². The molecule has 0 saturated carbocycles. The second-order valence-corrected chi connectivity index (χ2v) is 4.63. The maximum atomic E-state index is 12.2. The molecule has 0 bridgehead atoms. The zero-order valence-corrected chi connectivity index (χ0v) is 10.1. The third-order valence-electron chi connectivity index (χ3n) is 3.06. The molecule has 1 aromatic heterocycles. The number of nitrogens with zero attached hydrogens (tertiary/aromatic N) is 4. The number of aryl methyl sites for hydroxylation is 1. The first-order chi connectivity index (χ1) is 8.44. The fourth-order valence-corrected chi connectivity index (χ4v) is 2.18. The summed E-state index contributed by atoms with van der Waals surface area (Å²) in [7, 11) is 1.76. The summed E-state index contributed by atoms with van der Waals surface area (Å²) < 4.78 is 38.3. The molecule has 1 fully saturated rings. The van der Waals surface area contributed by atoms with Crippen LogP contribution in [0.1, 0.15) is 6.42 Å². The summed E-state index contributed by atoms with van der Waals surface area (Å²) in [5.74, 6) is 1.02. The number of halogens is 3. The maximum absolute atomic E-state index is 12.2. The fraction of sp³-hybridized carbons (Fsp3) is 0.800. The Hall–Kier alpha value is -1.31. The third-order valence-corrected chi connectivity index (χ3v) is 3.06. The highest BCUT2D eigenvalue weighted by atomic mass is 19.4. The van der Waals surface area contributed by atoms with Gasteiger partial charge in [-0.25, -0.2) is 4.68 Å². The molecule has 2 rings (SSSR count). The van der Waals surface area contributed by atoms with E-state index in [2.05, 4.69) is 15.6 Å². The van der Waals surface area contributed by atoms with Gasteiger partial charge in [0.2, 0.25) is 0 Å². The Morgan fingerprint density at radius 1 is 1.50 bits per heavy atom. The molecule has 0 radical (unpaired) electrons. The number of hydrogen-bond acceptors (Lipinski definition) is 4. The van der Waals surface area contributed by atoms with Crippen LogP contribution in [0.5, 0.6) is 0 Å². The highest BCUT2D eigenvalue weighted by Gasteiger charge is 2.34. The van der Waals surface area contributed by atoms with E-state index < -0.39 is 12.7 Å². The van der Waals surface area contributed by atoms with Crippen LogP contribution in [-0.2, 0) is 7.05 Å². The highest BCUT2D eigenvalue weighted by molar-refractivity contribution is 5.30. The van der Waals surface area contributed by atoms with Crippen LogP contribution in [0.15, 0.2) is 6.20 Å². The number of likely N-dealkylation sites (tertiary alicyclic amines) is 1. The second-order valence-electron chi connectivity index (χ2n) is 4.63. The van der Waals surface area contributed by atoms with Gasteiger partial charge in [-0.2, -0.15) is 13.2 Å². The number of hydrogen-bond donors (Lipinski definition) is 1. The summed E-state index contributed by atoms with van der Waals surface area (Å²) in [6.07, 6.45) is -1.72. The molecule has 1 aliphatic heterocycles.